The zero-order valence-electron chi connectivity index (χ0n) is 11.7. The van der Waals surface area contributed by atoms with Crippen molar-refractivity contribution in [2.45, 2.75) is 25.5 Å². The summed E-state index contributed by atoms with van der Waals surface area (Å²) in [5, 5.41) is 10.8. The van der Waals surface area contributed by atoms with Crippen molar-refractivity contribution >= 4 is 11.6 Å². The van der Waals surface area contributed by atoms with Crippen LogP contribution in [0.2, 0.25) is 0 Å². The molecular weight excluding hydrogens is 272 g/mol. The van der Waals surface area contributed by atoms with Crippen molar-refractivity contribution in [3.8, 4) is 0 Å². The molecule has 6 nitrogen and oxygen atoms in total. The van der Waals surface area contributed by atoms with Gasteiger partial charge in [0.25, 0.3) is 11.6 Å². The standard InChI is InChI=1S/C15H18N2O4/c1-2-8-16(15(18)14-7-4-9-21-14)11-12-5-3-6-13(10-12)17(19)20/h2-3,5-6,10,14H,1,4,7-9,11H2/t14-/m0/s1. The van der Waals surface area contributed by atoms with Gasteiger partial charge in [0.1, 0.15) is 6.10 Å². The van der Waals surface area contributed by atoms with Gasteiger partial charge in [-0.25, -0.2) is 0 Å². The molecular formula is C15H18N2O4. The van der Waals surface area contributed by atoms with E-state index in [1.165, 1.54) is 12.1 Å². The van der Waals surface area contributed by atoms with Crippen LogP contribution >= 0.6 is 0 Å². The summed E-state index contributed by atoms with van der Waals surface area (Å²) in [6.45, 7) is 4.96. The fraction of sp³-hybridized carbons (Fsp3) is 0.400. The summed E-state index contributed by atoms with van der Waals surface area (Å²) in [7, 11) is 0. The molecule has 21 heavy (non-hydrogen) atoms. The number of carbonyl (C=O) groups is 1. The van der Waals surface area contributed by atoms with Gasteiger partial charge in [0.2, 0.25) is 0 Å². The largest absolute Gasteiger partial charge is 0.368 e. The molecule has 0 spiro atoms. The molecule has 0 unspecified atom stereocenters. The van der Waals surface area contributed by atoms with Crippen molar-refractivity contribution in [1.29, 1.82) is 0 Å². The molecule has 1 aromatic carbocycles. The third-order valence-corrected chi connectivity index (χ3v) is 3.36. The van der Waals surface area contributed by atoms with Crippen LogP contribution in [-0.4, -0.2) is 35.0 Å². The van der Waals surface area contributed by atoms with Gasteiger partial charge in [0.05, 0.1) is 4.92 Å². The third-order valence-electron chi connectivity index (χ3n) is 3.36. The number of benzene rings is 1. The number of carbonyl (C=O) groups excluding carboxylic acids is 1. The number of nitro groups is 1. The molecule has 112 valence electrons. The van der Waals surface area contributed by atoms with Crippen LogP contribution in [0.15, 0.2) is 36.9 Å². The van der Waals surface area contributed by atoms with Gasteiger partial charge in [-0.3, -0.25) is 14.9 Å². The zero-order chi connectivity index (χ0) is 15.2. The summed E-state index contributed by atoms with van der Waals surface area (Å²) < 4.78 is 5.41. The van der Waals surface area contributed by atoms with E-state index in [0.29, 0.717) is 19.7 Å². The number of amides is 1. The Balaban J connectivity index is 2.11. The van der Waals surface area contributed by atoms with Gasteiger partial charge in [-0.2, -0.15) is 0 Å². The van der Waals surface area contributed by atoms with Gasteiger partial charge in [-0.1, -0.05) is 18.2 Å². The van der Waals surface area contributed by atoms with Crippen LogP contribution < -0.4 is 0 Å². The molecule has 1 heterocycles. The molecule has 1 aromatic rings. The Morgan fingerprint density at radius 2 is 2.38 bits per heavy atom. The summed E-state index contributed by atoms with van der Waals surface area (Å²) in [6.07, 6.45) is 2.85. The van der Waals surface area contributed by atoms with E-state index in [-0.39, 0.29) is 11.6 Å². The van der Waals surface area contributed by atoms with Gasteiger partial charge in [-0.05, 0) is 18.4 Å². The van der Waals surface area contributed by atoms with E-state index in [1.807, 2.05) is 0 Å². The van der Waals surface area contributed by atoms with Crippen LogP contribution in [-0.2, 0) is 16.1 Å². The zero-order valence-corrected chi connectivity index (χ0v) is 11.7. The average molecular weight is 290 g/mol. The third kappa shape index (κ3) is 3.88. The Kier molecular flexibility index (Phi) is 5.05. The fourth-order valence-corrected chi connectivity index (χ4v) is 2.35. The predicted molar refractivity (Wildman–Crippen MR) is 77.7 cm³/mol. The number of nitrogens with zero attached hydrogens (tertiary/aromatic N) is 2. The van der Waals surface area contributed by atoms with Crippen molar-refractivity contribution in [2.24, 2.45) is 0 Å². The first-order valence-electron chi connectivity index (χ1n) is 6.86. The molecule has 0 bridgehead atoms. The van der Waals surface area contributed by atoms with Crippen molar-refractivity contribution in [2.75, 3.05) is 13.2 Å². The highest BCUT2D eigenvalue weighted by Crippen LogP contribution is 2.18. The molecule has 1 fully saturated rings. The summed E-state index contributed by atoms with van der Waals surface area (Å²) >= 11 is 0. The maximum Gasteiger partial charge on any atom is 0.269 e. The highest BCUT2D eigenvalue weighted by atomic mass is 16.6. The number of hydrogen-bond acceptors (Lipinski definition) is 4. The number of rotatable bonds is 6. The van der Waals surface area contributed by atoms with E-state index in [2.05, 4.69) is 6.58 Å². The molecule has 1 atom stereocenters. The minimum absolute atomic E-state index is 0.0237. The van der Waals surface area contributed by atoms with Crippen molar-refractivity contribution in [3.63, 3.8) is 0 Å². The minimum Gasteiger partial charge on any atom is -0.368 e. The Bertz CT molecular complexity index is 538. The lowest BCUT2D eigenvalue weighted by molar-refractivity contribution is -0.384. The molecule has 1 saturated heterocycles. The van der Waals surface area contributed by atoms with Crippen LogP contribution in [0.1, 0.15) is 18.4 Å². The van der Waals surface area contributed by atoms with E-state index in [9.17, 15) is 14.9 Å². The number of hydrogen-bond donors (Lipinski definition) is 0. The second-order valence-corrected chi connectivity index (χ2v) is 4.94. The van der Waals surface area contributed by atoms with Crippen LogP contribution in [0.25, 0.3) is 0 Å². The van der Waals surface area contributed by atoms with Crippen LogP contribution in [0, 0.1) is 10.1 Å². The van der Waals surface area contributed by atoms with E-state index in [4.69, 9.17) is 4.74 Å². The van der Waals surface area contributed by atoms with Crippen molar-refractivity contribution in [3.05, 3.63) is 52.6 Å². The van der Waals surface area contributed by atoms with Gasteiger partial charge in [0.15, 0.2) is 0 Å². The summed E-state index contributed by atoms with van der Waals surface area (Å²) in [5.74, 6) is -0.0843. The molecule has 1 amide bonds. The van der Waals surface area contributed by atoms with Crippen LogP contribution in [0.5, 0.6) is 0 Å². The first-order valence-corrected chi connectivity index (χ1v) is 6.86. The first-order chi connectivity index (χ1) is 10.1. The molecule has 0 radical (unpaired) electrons. The van der Waals surface area contributed by atoms with Gasteiger partial charge in [0, 0.05) is 31.8 Å². The monoisotopic (exact) mass is 290 g/mol. The molecule has 2 rings (SSSR count). The molecule has 6 heteroatoms. The van der Waals surface area contributed by atoms with E-state index < -0.39 is 11.0 Å². The second kappa shape index (κ2) is 6.99. The normalized spacial score (nSPS) is 17.4. The topological polar surface area (TPSA) is 72.7 Å². The van der Waals surface area contributed by atoms with Gasteiger partial charge in [-0.15, -0.1) is 6.58 Å². The molecule has 0 N–H and O–H groups in total. The summed E-state index contributed by atoms with van der Waals surface area (Å²) in [4.78, 5) is 24.3. The predicted octanol–water partition coefficient (Wildman–Crippen LogP) is 2.29. The van der Waals surface area contributed by atoms with Gasteiger partial charge < -0.3 is 9.64 Å². The van der Waals surface area contributed by atoms with E-state index in [1.54, 1.807) is 23.1 Å². The maximum atomic E-state index is 12.4. The van der Waals surface area contributed by atoms with Crippen molar-refractivity contribution < 1.29 is 14.5 Å². The quantitative estimate of drug-likeness (QED) is 0.458. The van der Waals surface area contributed by atoms with E-state index >= 15 is 0 Å². The number of non-ortho nitro benzene ring substituents is 1. The van der Waals surface area contributed by atoms with E-state index in [0.717, 1.165) is 18.4 Å². The highest BCUT2D eigenvalue weighted by Gasteiger charge is 2.27. The Morgan fingerprint density at radius 1 is 1.57 bits per heavy atom. The Hall–Kier alpha value is -2.21. The lowest BCUT2D eigenvalue weighted by Gasteiger charge is -2.24. The summed E-state index contributed by atoms with van der Waals surface area (Å²) in [5.41, 5.74) is 0.744. The van der Waals surface area contributed by atoms with Crippen LogP contribution in [0.4, 0.5) is 5.69 Å². The Labute approximate surface area is 123 Å². The lowest BCUT2D eigenvalue weighted by Crippen LogP contribution is -2.38. The summed E-state index contributed by atoms with van der Waals surface area (Å²) in [6, 6.07) is 6.31. The number of ether oxygens (including phenoxy) is 1. The minimum atomic E-state index is -0.441. The number of nitro benzene ring substituents is 1. The molecule has 0 saturated carbocycles. The molecule has 1 aliphatic heterocycles. The van der Waals surface area contributed by atoms with Crippen molar-refractivity contribution in [1.82, 2.24) is 4.90 Å². The molecule has 0 aromatic heterocycles. The first kappa shape index (κ1) is 15.2. The highest BCUT2D eigenvalue weighted by molar-refractivity contribution is 5.81. The second-order valence-electron chi connectivity index (χ2n) is 4.94. The maximum absolute atomic E-state index is 12.4. The average Bonchev–Trinajstić information content (AvgIpc) is 3.00. The fourth-order valence-electron chi connectivity index (χ4n) is 2.35. The molecule has 1 aliphatic rings. The smallest absolute Gasteiger partial charge is 0.269 e. The van der Waals surface area contributed by atoms with Gasteiger partial charge >= 0.3 is 0 Å². The molecule has 0 aliphatic carbocycles. The lowest BCUT2D eigenvalue weighted by atomic mass is 10.1. The van der Waals surface area contributed by atoms with Crippen LogP contribution in [0.3, 0.4) is 0 Å². The SMILES string of the molecule is C=CCN(Cc1cccc([N+](=O)[O-])c1)C(=O)[C@@H]1CCCO1. The Morgan fingerprint density at radius 3 is 3.00 bits per heavy atom.